The van der Waals surface area contributed by atoms with E-state index in [0.29, 0.717) is 111 Å². The van der Waals surface area contributed by atoms with Crippen LogP contribution in [0.1, 0.15) is 114 Å². The van der Waals surface area contributed by atoms with E-state index in [2.05, 4.69) is 13.2 Å². The van der Waals surface area contributed by atoms with Crippen LogP contribution in [0, 0.1) is 30.6 Å². The second-order valence-corrected chi connectivity index (χ2v) is 22.1. The summed E-state index contributed by atoms with van der Waals surface area (Å²) in [6.07, 6.45) is 14.2. The van der Waals surface area contributed by atoms with Gasteiger partial charge in [-0.15, -0.1) is 0 Å². The number of thiazole rings is 1. The van der Waals surface area contributed by atoms with Gasteiger partial charge in [0, 0.05) is 17.7 Å². The second-order valence-electron chi connectivity index (χ2n) is 21.0. The number of nitrogens with zero attached hydrogens (tertiary/aromatic N) is 3. The smallest absolute Gasteiger partial charge is 0.330 e. The predicted octanol–water partition coefficient (Wildman–Crippen LogP) is 13.7. The first-order valence-electron chi connectivity index (χ1n) is 29.2. The Morgan fingerprint density at radius 3 is 1.41 bits per heavy atom. The fraction of sp³-hybridized carbons (Fsp3) is 0.373. The number of benzene rings is 5. The lowest BCUT2D eigenvalue weighted by molar-refractivity contribution is -0.145. The third-order valence-corrected chi connectivity index (χ3v) is 15.8. The molecule has 0 amide bonds. The molecule has 0 N–H and O–H groups in total. The molecule has 2 aliphatic carbocycles. The highest BCUT2D eigenvalue weighted by Crippen LogP contribution is 2.37. The molecule has 8 rings (SSSR count). The highest BCUT2D eigenvalue weighted by Gasteiger charge is 2.34. The molecule has 0 aliphatic heterocycles. The summed E-state index contributed by atoms with van der Waals surface area (Å²) in [5, 5.41) is 7.25. The molecule has 0 saturated heterocycles. The summed E-state index contributed by atoms with van der Waals surface area (Å²) < 4.78 is 46.3. The molecule has 5 aromatic carbocycles. The number of aromatic nitrogens is 1. The standard InChI is InChI=1S/C67H73N3O14S/c1-4-61(71)79-42-14-8-6-12-40-77-53-30-34-55(35-31-53)81-63(73)47-20-22-49(23-21-47)65(75)83-57-38-39-59(51(44-57)45-68-70(52-28-18-46(3)19-29-52)67-69-58-16-10-11-17-60(58)85-67)84-66(76)50-26-24-48(25-27-50)64(74)82-56-36-32-54(33-37-56)78-41-13-7-9-15-43-80-62(72)5-2/h4-5,10-11,16-19,28-39,44-45,47-50H,1-2,6-9,12-15,20-27,40-43H2,3H3/b68-45+. The van der Waals surface area contributed by atoms with Crippen molar-refractivity contribution in [3.05, 3.63) is 152 Å². The molecule has 0 bridgehead atoms. The third kappa shape index (κ3) is 19.5. The Bertz CT molecular complexity index is 3200. The van der Waals surface area contributed by atoms with E-state index < -0.39 is 41.6 Å². The number of hydrogen-bond donors (Lipinski definition) is 0. The van der Waals surface area contributed by atoms with Gasteiger partial charge in [0.15, 0.2) is 0 Å². The molecular weight excluding hydrogens is 1100 g/mol. The SMILES string of the molecule is C=CC(=O)OCCCCCCOc1ccc(OC(=O)C2CCC(C(=O)Oc3ccc(OC(=O)C4CCC(C(=O)Oc5ccc(OCCCCCCOC(=O)C=C)cc5)CC4)c(/C=N/N(c4ccc(C)cc4)c4nc5ccccc5s4)c3)CC2)cc1. The van der Waals surface area contributed by atoms with Crippen LogP contribution in [0.3, 0.4) is 0 Å². The molecule has 1 heterocycles. The molecule has 2 aliphatic rings. The number of ether oxygens (including phenoxy) is 8. The average molecular weight is 1180 g/mol. The fourth-order valence-electron chi connectivity index (χ4n) is 9.85. The Kier molecular flexibility index (Phi) is 23.8. The monoisotopic (exact) mass is 1180 g/mol. The molecule has 18 heteroatoms. The van der Waals surface area contributed by atoms with E-state index in [-0.39, 0.29) is 29.4 Å². The first-order valence-corrected chi connectivity index (χ1v) is 30.0. The van der Waals surface area contributed by atoms with E-state index >= 15 is 0 Å². The van der Waals surface area contributed by atoms with Gasteiger partial charge in [0.25, 0.3) is 0 Å². The van der Waals surface area contributed by atoms with Crippen molar-refractivity contribution in [1.82, 2.24) is 4.98 Å². The lowest BCUT2D eigenvalue weighted by Crippen LogP contribution is -2.30. The van der Waals surface area contributed by atoms with E-state index in [4.69, 9.17) is 48.0 Å². The van der Waals surface area contributed by atoms with Gasteiger partial charge in [0.2, 0.25) is 5.13 Å². The third-order valence-electron chi connectivity index (χ3n) is 14.8. The van der Waals surface area contributed by atoms with E-state index in [1.54, 1.807) is 78.0 Å². The van der Waals surface area contributed by atoms with Gasteiger partial charge in [0.05, 0.1) is 72.2 Å². The van der Waals surface area contributed by atoms with Crippen molar-refractivity contribution in [1.29, 1.82) is 0 Å². The maximum atomic E-state index is 14.0. The zero-order valence-corrected chi connectivity index (χ0v) is 48.8. The number of carbonyl (C=O) groups excluding carboxylic acids is 6. The minimum atomic E-state index is -0.487. The van der Waals surface area contributed by atoms with E-state index in [1.807, 2.05) is 55.5 Å². The summed E-state index contributed by atoms with van der Waals surface area (Å²) in [5.41, 5.74) is 2.99. The lowest BCUT2D eigenvalue weighted by atomic mass is 9.82. The molecule has 0 unspecified atom stereocenters. The number of esters is 6. The van der Waals surface area contributed by atoms with Crippen molar-refractivity contribution < 1.29 is 66.7 Å². The van der Waals surface area contributed by atoms with Crippen LogP contribution in [0.25, 0.3) is 10.2 Å². The number of carbonyl (C=O) groups is 6. The van der Waals surface area contributed by atoms with Crippen molar-refractivity contribution in [2.75, 3.05) is 31.4 Å². The molecule has 446 valence electrons. The minimum Gasteiger partial charge on any atom is -0.494 e. The number of rotatable bonds is 30. The highest BCUT2D eigenvalue weighted by molar-refractivity contribution is 7.22. The van der Waals surface area contributed by atoms with Gasteiger partial charge in [-0.05, 0) is 201 Å². The average Bonchev–Trinajstić information content (AvgIpc) is 3.63. The lowest BCUT2D eigenvalue weighted by Gasteiger charge is -2.26. The molecule has 1 aromatic heterocycles. The maximum absolute atomic E-state index is 14.0. The van der Waals surface area contributed by atoms with Crippen molar-refractivity contribution in [3.8, 4) is 34.5 Å². The van der Waals surface area contributed by atoms with Crippen molar-refractivity contribution in [2.45, 2.75) is 110 Å². The first kappa shape index (κ1) is 62.4. The summed E-state index contributed by atoms with van der Waals surface area (Å²) in [4.78, 5) is 81.7. The van der Waals surface area contributed by atoms with Crippen LogP contribution in [-0.2, 0) is 38.2 Å². The van der Waals surface area contributed by atoms with Gasteiger partial charge in [-0.1, -0.05) is 54.3 Å². The van der Waals surface area contributed by atoms with E-state index in [0.717, 1.165) is 85.0 Å². The second kappa shape index (κ2) is 32.4. The first-order chi connectivity index (χ1) is 41.4. The summed E-state index contributed by atoms with van der Waals surface area (Å²) >= 11 is 1.47. The van der Waals surface area contributed by atoms with E-state index in [9.17, 15) is 28.8 Å². The Labute approximate surface area is 499 Å². The van der Waals surface area contributed by atoms with Crippen LogP contribution in [0.2, 0.25) is 0 Å². The van der Waals surface area contributed by atoms with Gasteiger partial charge in [0.1, 0.15) is 34.5 Å². The summed E-state index contributed by atoms with van der Waals surface area (Å²) in [5.74, 6) is -1.64. The zero-order chi connectivity index (χ0) is 59.8. The molecule has 0 atom stereocenters. The molecule has 6 aromatic rings. The van der Waals surface area contributed by atoms with Gasteiger partial charge < -0.3 is 37.9 Å². The summed E-state index contributed by atoms with van der Waals surface area (Å²) in [6.45, 7) is 10.6. The number of para-hydroxylation sites is 1. The number of fused-ring (bicyclic) bond motifs is 1. The van der Waals surface area contributed by atoms with Gasteiger partial charge >= 0.3 is 35.8 Å². The largest absolute Gasteiger partial charge is 0.494 e. The van der Waals surface area contributed by atoms with Crippen LogP contribution in [0.15, 0.2) is 146 Å². The maximum Gasteiger partial charge on any atom is 0.330 e. The molecule has 2 fully saturated rings. The number of unbranched alkanes of at least 4 members (excludes halogenated alkanes) is 6. The van der Waals surface area contributed by atoms with Crippen molar-refractivity contribution in [2.24, 2.45) is 28.8 Å². The highest BCUT2D eigenvalue weighted by atomic mass is 32.1. The number of aryl methyl sites for hydroxylation is 1. The molecule has 17 nitrogen and oxygen atoms in total. The van der Waals surface area contributed by atoms with E-state index in [1.165, 1.54) is 11.3 Å². The molecule has 85 heavy (non-hydrogen) atoms. The van der Waals surface area contributed by atoms with Crippen molar-refractivity contribution >= 4 is 74.4 Å². The Hall–Kier alpha value is -8.64. The van der Waals surface area contributed by atoms with Crippen LogP contribution in [-0.4, -0.2) is 73.4 Å². The Morgan fingerprint density at radius 2 is 0.941 bits per heavy atom. The van der Waals surface area contributed by atoms with Gasteiger partial charge in [-0.2, -0.15) is 5.10 Å². The molecular formula is C67H73N3O14S. The topological polar surface area (TPSA) is 205 Å². The van der Waals surface area contributed by atoms with Crippen LogP contribution in [0.5, 0.6) is 34.5 Å². The normalized spacial score (nSPS) is 16.6. The molecule has 0 radical (unpaired) electrons. The predicted molar refractivity (Wildman–Crippen MR) is 324 cm³/mol. The Balaban J connectivity index is 0.848. The number of hydrogen-bond acceptors (Lipinski definition) is 18. The zero-order valence-electron chi connectivity index (χ0n) is 48.0. The van der Waals surface area contributed by atoms with Crippen LogP contribution >= 0.6 is 11.3 Å². The van der Waals surface area contributed by atoms with Crippen LogP contribution < -0.4 is 33.4 Å². The minimum absolute atomic E-state index is 0.203. The van der Waals surface area contributed by atoms with Crippen LogP contribution in [0.4, 0.5) is 10.8 Å². The molecule has 0 spiro atoms. The molecule has 2 saturated carbocycles. The number of anilines is 2. The van der Waals surface area contributed by atoms with Gasteiger partial charge in [-0.3, -0.25) is 19.2 Å². The Morgan fingerprint density at radius 1 is 0.518 bits per heavy atom. The summed E-state index contributed by atoms with van der Waals surface area (Å²) in [7, 11) is 0. The summed E-state index contributed by atoms with van der Waals surface area (Å²) in [6, 6.07) is 34.3. The van der Waals surface area contributed by atoms with Crippen molar-refractivity contribution in [3.63, 3.8) is 0 Å². The quantitative estimate of drug-likeness (QED) is 0.0103. The van der Waals surface area contributed by atoms with Gasteiger partial charge in [-0.25, -0.2) is 19.6 Å². The fourth-order valence-corrected chi connectivity index (χ4v) is 10.8. The number of hydrazone groups is 1.